The highest BCUT2D eigenvalue weighted by Crippen LogP contribution is 2.13. The van der Waals surface area contributed by atoms with E-state index < -0.39 is 0 Å². The Morgan fingerprint density at radius 3 is 2.69 bits per heavy atom. The van der Waals surface area contributed by atoms with Gasteiger partial charge in [-0.1, -0.05) is 19.9 Å². The van der Waals surface area contributed by atoms with Crippen LogP contribution in [-0.2, 0) is 11.2 Å². The molecule has 0 spiro atoms. The van der Waals surface area contributed by atoms with Crippen LogP contribution in [0.5, 0.6) is 0 Å². The van der Waals surface area contributed by atoms with Gasteiger partial charge in [-0.05, 0) is 30.2 Å². The molecule has 1 saturated heterocycles. The Morgan fingerprint density at radius 2 is 2.12 bits per heavy atom. The lowest BCUT2D eigenvalue weighted by atomic mass is 10.0. The van der Waals surface area contributed by atoms with Crippen molar-refractivity contribution >= 4 is 41.3 Å². The van der Waals surface area contributed by atoms with E-state index >= 15 is 0 Å². The number of hydrogen-bond donors (Lipinski definition) is 1. The van der Waals surface area contributed by atoms with Gasteiger partial charge in [0, 0.05) is 51.2 Å². The Kier molecular flexibility index (Phi) is 11.7. The predicted molar refractivity (Wildman–Crippen MR) is 123 cm³/mol. The summed E-state index contributed by atoms with van der Waals surface area (Å²) in [6.45, 7) is 10.3. The van der Waals surface area contributed by atoms with Gasteiger partial charge in [0.2, 0.25) is 0 Å². The number of ether oxygens (including phenoxy) is 1. The van der Waals surface area contributed by atoms with Crippen LogP contribution < -0.4 is 5.32 Å². The van der Waals surface area contributed by atoms with Crippen LogP contribution in [0.15, 0.2) is 22.5 Å². The minimum absolute atomic E-state index is 0. The molecule has 2 heterocycles. The summed E-state index contributed by atoms with van der Waals surface area (Å²) in [6.07, 6.45) is 2.26. The number of hydrogen-bond acceptors (Lipinski definition) is 4. The number of guanidine groups is 1. The molecule has 1 aliphatic rings. The molecule has 1 fully saturated rings. The number of nitrogens with one attached hydrogen (secondary N) is 1. The monoisotopic (exact) mass is 494 g/mol. The van der Waals surface area contributed by atoms with Crippen molar-refractivity contribution in [3.05, 3.63) is 22.4 Å². The van der Waals surface area contributed by atoms with E-state index in [1.54, 1.807) is 0 Å². The predicted octanol–water partition coefficient (Wildman–Crippen LogP) is 3.16. The van der Waals surface area contributed by atoms with Crippen LogP contribution in [0.2, 0.25) is 0 Å². The molecule has 1 aromatic rings. The van der Waals surface area contributed by atoms with E-state index in [0.29, 0.717) is 12.0 Å². The van der Waals surface area contributed by atoms with Gasteiger partial charge >= 0.3 is 0 Å². The molecule has 1 atom stereocenters. The van der Waals surface area contributed by atoms with Crippen LogP contribution >= 0.6 is 35.3 Å². The first-order valence-corrected chi connectivity index (χ1v) is 10.2. The summed E-state index contributed by atoms with van der Waals surface area (Å²) in [7, 11) is 3.99. The Balaban J connectivity index is 0.00000338. The number of halogens is 1. The Labute approximate surface area is 180 Å². The van der Waals surface area contributed by atoms with Gasteiger partial charge in [-0.25, -0.2) is 0 Å². The van der Waals surface area contributed by atoms with Crippen LogP contribution in [0.1, 0.15) is 25.1 Å². The third kappa shape index (κ3) is 8.10. The topological polar surface area (TPSA) is 40.1 Å². The van der Waals surface area contributed by atoms with E-state index in [2.05, 4.69) is 58.5 Å². The zero-order valence-corrected chi connectivity index (χ0v) is 19.8. The number of thiophene rings is 1. The molecular formula is C19H35IN4OS. The van der Waals surface area contributed by atoms with Gasteiger partial charge in [0.25, 0.3) is 0 Å². The first kappa shape index (κ1) is 23.7. The zero-order chi connectivity index (χ0) is 18.1. The molecule has 1 unspecified atom stereocenters. The summed E-state index contributed by atoms with van der Waals surface area (Å²) < 4.78 is 5.51. The third-order valence-corrected chi connectivity index (χ3v) is 5.58. The molecular weight excluding hydrogens is 459 g/mol. The Morgan fingerprint density at radius 1 is 1.38 bits per heavy atom. The first-order valence-electron chi connectivity index (χ1n) is 9.36. The SMILES string of the molecule is CN=C(NCC(CC(C)C)N1CCOCC1)N(C)CCc1cccs1.I. The summed E-state index contributed by atoms with van der Waals surface area (Å²) >= 11 is 1.82. The zero-order valence-electron chi connectivity index (χ0n) is 16.6. The lowest BCUT2D eigenvalue weighted by Crippen LogP contribution is -2.51. The van der Waals surface area contributed by atoms with Crippen molar-refractivity contribution in [3.8, 4) is 0 Å². The normalized spacial score (nSPS) is 17.0. The van der Waals surface area contributed by atoms with Crippen molar-refractivity contribution in [2.24, 2.45) is 10.9 Å². The summed E-state index contributed by atoms with van der Waals surface area (Å²) in [6, 6.07) is 4.85. The second-order valence-electron chi connectivity index (χ2n) is 7.11. The highest BCUT2D eigenvalue weighted by Gasteiger charge is 2.22. The fourth-order valence-electron chi connectivity index (χ4n) is 3.28. The summed E-state index contributed by atoms with van der Waals surface area (Å²) in [5.41, 5.74) is 0. The maximum Gasteiger partial charge on any atom is 0.193 e. The van der Waals surface area contributed by atoms with Crippen molar-refractivity contribution in [1.82, 2.24) is 15.1 Å². The molecule has 150 valence electrons. The highest BCUT2D eigenvalue weighted by atomic mass is 127. The van der Waals surface area contributed by atoms with Gasteiger partial charge in [-0.2, -0.15) is 0 Å². The van der Waals surface area contributed by atoms with E-state index in [4.69, 9.17) is 4.74 Å². The van der Waals surface area contributed by atoms with Gasteiger partial charge < -0.3 is 15.0 Å². The van der Waals surface area contributed by atoms with E-state index in [9.17, 15) is 0 Å². The van der Waals surface area contributed by atoms with Crippen LogP contribution in [0.4, 0.5) is 0 Å². The number of likely N-dealkylation sites (N-methyl/N-ethyl adjacent to an activating group) is 1. The van der Waals surface area contributed by atoms with Crippen molar-refractivity contribution in [2.45, 2.75) is 32.7 Å². The molecule has 0 aliphatic carbocycles. The van der Waals surface area contributed by atoms with E-state index in [1.807, 2.05) is 18.4 Å². The van der Waals surface area contributed by atoms with E-state index in [1.165, 1.54) is 11.3 Å². The average molecular weight is 494 g/mol. The molecule has 26 heavy (non-hydrogen) atoms. The molecule has 2 rings (SSSR count). The van der Waals surface area contributed by atoms with Gasteiger partial charge in [0.1, 0.15) is 0 Å². The number of morpholine rings is 1. The van der Waals surface area contributed by atoms with Crippen LogP contribution in [0.3, 0.4) is 0 Å². The van der Waals surface area contributed by atoms with E-state index in [0.717, 1.165) is 51.8 Å². The fraction of sp³-hybridized carbons (Fsp3) is 0.737. The Bertz CT molecular complexity index is 504. The minimum atomic E-state index is 0. The van der Waals surface area contributed by atoms with Crippen LogP contribution in [0.25, 0.3) is 0 Å². The molecule has 0 saturated carbocycles. The maximum absolute atomic E-state index is 5.51. The Hall–Kier alpha value is -0.380. The average Bonchev–Trinajstić information content (AvgIpc) is 3.13. The lowest BCUT2D eigenvalue weighted by Gasteiger charge is -2.36. The lowest BCUT2D eigenvalue weighted by molar-refractivity contribution is 0.0131. The van der Waals surface area contributed by atoms with Crippen LogP contribution in [-0.4, -0.2) is 75.3 Å². The molecule has 0 radical (unpaired) electrons. The van der Waals surface area contributed by atoms with E-state index in [-0.39, 0.29) is 24.0 Å². The van der Waals surface area contributed by atoms with Crippen LogP contribution in [0, 0.1) is 5.92 Å². The second kappa shape index (κ2) is 12.9. The molecule has 1 aliphatic heterocycles. The third-order valence-electron chi connectivity index (χ3n) is 4.65. The highest BCUT2D eigenvalue weighted by molar-refractivity contribution is 14.0. The largest absolute Gasteiger partial charge is 0.379 e. The van der Waals surface area contributed by atoms with Crippen molar-refractivity contribution in [2.75, 3.05) is 53.5 Å². The van der Waals surface area contributed by atoms with Gasteiger partial charge in [0.05, 0.1) is 13.2 Å². The molecule has 0 bridgehead atoms. The maximum atomic E-state index is 5.51. The smallest absolute Gasteiger partial charge is 0.193 e. The van der Waals surface area contributed by atoms with Gasteiger partial charge in [0.15, 0.2) is 5.96 Å². The van der Waals surface area contributed by atoms with Gasteiger partial charge in [-0.15, -0.1) is 35.3 Å². The molecule has 1 aromatic heterocycles. The number of aliphatic imine (C=N–C) groups is 1. The summed E-state index contributed by atoms with van der Waals surface area (Å²) in [4.78, 5) is 10.7. The number of rotatable bonds is 8. The molecule has 7 heteroatoms. The quantitative estimate of drug-likeness (QED) is 0.343. The summed E-state index contributed by atoms with van der Waals surface area (Å²) in [5.74, 6) is 1.67. The fourth-order valence-corrected chi connectivity index (χ4v) is 3.98. The minimum Gasteiger partial charge on any atom is -0.379 e. The number of nitrogens with zero attached hydrogens (tertiary/aromatic N) is 3. The second-order valence-corrected chi connectivity index (χ2v) is 8.14. The molecule has 0 aromatic carbocycles. The molecule has 5 nitrogen and oxygen atoms in total. The first-order chi connectivity index (χ1) is 12.1. The standard InChI is InChI=1S/C19H34N4OS.HI/c1-16(2)14-17(23-9-11-24-12-10-23)15-21-19(20-3)22(4)8-7-18-6-5-13-25-18;/h5-6,13,16-17H,7-12,14-15H2,1-4H3,(H,20,21);1H. The van der Waals surface area contributed by atoms with Crippen molar-refractivity contribution in [1.29, 1.82) is 0 Å². The summed E-state index contributed by atoms with van der Waals surface area (Å²) in [5, 5.41) is 5.74. The molecule has 0 amide bonds. The van der Waals surface area contributed by atoms with Gasteiger partial charge in [-0.3, -0.25) is 9.89 Å². The van der Waals surface area contributed by atoms with Crippen molar-refractivity contribution < 1.29 is 4.74 Å². The van der Waals surface area contributed by atoms with Crippen molar-refractivity contribution in [3.63, 3.8) is 0 Å². The molecule has 1 N–H and O–H groups in total.